The topological polar surface area (TPSA) is 242 Å². The van der Waals surface area contributed by atoms with Crippen LogP contribution in [0.5, 0.6) is 0 Å². The van der Waals surface area contributed by atoms with Gasteiger partial charge in [0, 0.05) is 75.7 Å². The SMILES string of the molecule is O=[N+]([O-])c1ccc(S(=O)(=O)N2CCCN(S(=O)(=O)c3ccc([N+](=O)[O-])cc3)CCN(S(=O)(=O)c3ccc([N+](=O)[O-])cc3)CC2)cc1. The van der Waals surface area contributed by atoms with Crippen LogP contribution in [0.1, 0.15) is 6.42 Å². The zero-order valence-corrected chi connectivity index (χ0v) is 26.1. The van der Waals surface area contributed by atoms with Crippen LogP contribution < -0.4 is 0 Å². The molecule has 0 saturated carbocycles. The minimum absolute atomic E-state index is 0.0342. The quantitative estimate of drug-likeness (QED) is 0.231. The Morgan fingerprint density at radius 2 is 0.630 bits per heavy atom. The second kappa shape index (κ2) is 13.5. The van der Waals surface area contributed by atoms with Crippen LogP contribution in [0, 0.1) is 30.3 Å². The lowest BCUT2D eigenvalue weighted by molar-refractivity contribution is -0.385. The number of sulfonamides is 3. The molecular formula is C25H26N6O12S3. The first-order valence-corrected chi connectivity index (χ1v) is 17.6. The summed E-state index contributed by atoms with van der Waals surface area (Å²) in [5.74, 6) is 0. The summed E-state index contributed by atoms with van der Waals surface area (Å²) in [7, 11) is -13.2. The van der Waals surface area contributed by atoms with Crippen molar-refractivity contribution in [2.24, 2.45) is 0 Å². The van der Waals surface area contributed by atoms with Crippen molar-refractivity contribution in [3.8, 4) is 0 Å². The van der Waals surface area contributed by atoms with Gasteiger partial charge < -0.3 is 0 Å². The highest BCUT2D eigenvalue weighted by Crippen LogP contribution is 2.25. The van der Waals surface area contributed by atoms with Gasteiger partial charge in [-0.05, 0) is 42.8 Å². The number of nitrogens with zero attached hydrogens (tertiary/aromatic N) is 6. The Hall–Kier alpha value is -4.41. The third-order valence-corrected chi connectivity index (χ3v) is 12.8. The van der Waals surface area contributed by atoms with Crippen LogP contribution in [-0.4, -0.2) is 92.2 Å². The molecule has 1 fully saturated rings. The van der Waals surface area contributed by atoms with Gasteiger partial charge in [0.2, 0.25) is 30.1 Å². The van der Waals surface area contributed by atoms with Crippen molar-refractivity contribution in [1.82, 2.24) is 12.9 Å². The fraction of sp³-hybridized carbons (Fsp3) is 0.280. The number of hydrogen-bond acceptors (Lipinski definition) is 12. The summed E-state index contributed by atoms with van der Waals surface area (Å²) in [4.78, 5) is 30.0. The molecule has 1 aliphatic rings. The Morgan fingerprint density at radius 1 is 0.413 bits per heavy atom. The van der Waals surface area contributed by atoms with Crippen LogP contribution in [0.4, 0.5) is 17.1 Å². The molecular weight excluding hydrogens is 673 g/mol. The Morgan fingerprint density at radius 3 is 0.848 bits per heavy atom. The number of nitro benzene ring substituents is 3. The molecule has 0 radical (unpaired) electrons. The van der Waals surface area contributed by atoms with Crippen molar-refractivity contribution in [3.05, 3.63) is 103 Å². The minimum Gasteiger partial charge on any atom is -0.258 e. The molecule has 0 aromatic heterocycles. The molecule has 0 amide bonds. The third-order valence-electron chi connectivity index (χ3n) is 7.07. The average molecular weight is 699 g/mol. The first-order chi connectivity index (χ1) is 21.5. The van der Waals surface area contributed by atoms with Gasteiger partial charge in [0.15, 0.2) is 0 Å². The van der Waals surface area contributed by atoms with Gasteiger partial charge in [-0.1, -0.05) is 0 Å². The summed E-state index contributed by atoms with van der Waals surface area (Å²) >= 11 is 0. The number of nitro groups is 3. The van der Waals surface area contributed by atoms with E-state index >= 15 is 0 Å². The van der Waals surface area contributed by atoms with E-state index in [1.54, 1.807) is 0 Å². The molecule has 1 saturated heterocycles. The van der Waals surface area contributed by atoms with Gasteiger partial charge in [0.05, 0.1) is 29.5 Å². The summed E-state index contributed by atoms with van der Waals surface area (Å²) in [5, 5.41) is 33.2. The molecule has 18 nitrogen and oxygen atoms in total. The molecule has 4 rings (SSSR count). The highest BCUT2D eigenvalue weighted by molar-refractivity contribution is 7.89. The zero-order chi connectivity index (χ0) is 33.9. The van der Waals surface area contributed by atoms with E-state index in [1.165, 1.54) is 0 Å². The van der Waals surface area contributed by atoms with Crippen molar-refractivity contribution >= 4 is 47.1 Å². The Labute approximate surface area is 263 Å². The van der Waals surface area contributed by atoms with Crippen LogP contribution in [0.25, 0.3) is 0 Å². The highest BCUT2D eigenvalue weighted by atomic mass is 32.2. The molecule has 0 unspecified atom stereocenters. The predicted molar refractivity (Wildman–Crippen MR) is 160 cm³/mol. The molecule has 0 bridgehead atoms. The predicted octanol–water partition coefficient (Wildman–Crippen LogP) is 2.19. The van der Waals surface area contributed by atoms with Crippen LogP contribution in [0.3, 0.4) is 0 Å². The van der Waals surface area contributed by atoms with E-state index in [-0.39, 0.29) is 64.3 Å². The fourth-order valence-corrected chi connectivity index (χ4v) is 8.95. The number of non-ortho nitro benzene ring substituents is 3. The smallest absolute Gasteiger partial charge is 0.258 e. The molecule has 1 heterocycles. The second-order valence-electron chi connectivity index (χ2n) is 9.82. The highest BCUT2D eigenvalue weighted by Gasteiger charge is 2.33. The van der Waals surface area contributed by atoms with Crippen LogP contribution >= 0.6 is 0 Å². The lowest BCUT2D eigenvalue weighted by Crippen LogP contribution is -2.47. The number of benzene rings is 3. The van der Waals surface area contributed by atoms with E-state index in [2.05, 4.69) is 0 Å². The van der Waals surface area contributed by atoms with Crippen molar-refractivity contribution in [2.45, 2.75) is 21.1 Å². The Balaban J connectivity index is 1.71. The first kappa shape index (κ1) is 34.5. The minimum atomic E-state index is -4.45. The molecule has 0 atom stereocenters. The lowest BCUT2D eigenvalue weighted by atomic mass is 10.3. The summed E-state index contributed by atoms with van der Waals surface area (Å²) in [5.41, 5.74) is -1.08. The Bertz CT molecular complexity index is 1850. The van der Waals surface area contributed by atoms with Gasteiger partial charge in [0.1, 0.15) is 0 Å². The molecule has 3 aromatic carbocycles. The number of rotatable bonds is 9. The maximum atomic E-state index is 13.7. The van der Waals surface area contributed by atoms with Crippen molar-refractivity contribution in [2.75, 3.05) is 39.3 Å². The Kier molecular flexibility index (Phi) is 10.1. The summed E-state index contributed by atoms with van der Waals surface area (Å²) in [6.07, 6.45) is -0.0342. The first-order valence-electron chi connectivity index (χ1n) is 13.3. The lowest BCUT2D eigenvalue weighted by Gasteiger charge is -2.31. The number of hydrogen-bond donors (Lipinski definition) is 0. The summed E-state index contributed by atoms with van der Waals surface area (Å²) in [6, 6.07) is 12.1. The molecule has 246 valence electrons. The zero-order valence-electron chi connectivity index (χ0n) is 23.7. The monoisotopic (exact) mass is 698 g/mol. The van der Waals surface area contributed by atoms with Gasteiger partial charge in [0.25, 0.3) is 17.1 Å². The van der Waals surface area contributed by atoms with E-state index in [0.717, 1.165) is 85.7 Å². The summed E-state index contributed by atoms with van der Waals surface area (Å²) < 4.78 is 84.4. The van der Waals surface area contributed by atoms with E-state index in [4.69, 9.17) is 0 Å². The van der Waals surface area contributed by atoms with Crippen molar-refractivity contribution < 1.29 is 40.0 Å². The molecule has 0 aliphatic carbocycles. The molecule has 0 N–H and O–H groups in total. The molecule has 46 heavy (non-hydrogen) atoms. The van der Waals surface area contributed by atoms with E-state index in [0.29, 0.717) is 0 Å². The van der Waals surface area contributed by atoms with Crippen LogP contribution in [-0.2, 0) is 30.1 Å². The van der Waals surface area contributed by atoms with Gasteiger partial charge in [-0.25, -0.2) is 25.3 Å². The van der Waals surface area contributed by atoms with Gasteiger partial charge >= 0.3 is 0 Å². The standard InChI is InChI=1S/C25H26N6O12S3/c32-29(33)20-2-8-23(9-3-20)44(38,39)26-14-1-15-27(45(40,41)24-10-4-21(5-11-24)30(34)35)17-19-28(18-16-26)46(42,43)25-12-6-22(7-13-25)31(36)37/h2-13H,1,14-19H2. The third kappa shape index (κ3) is 7.35. The molecule has 0 spiro atoms. The second-order valence-corrected chi connectivity index (χ2v) is 15.6. The van der Waals surface area contributed by atoms with Gasteiger partial charge in [-0.15, -0.1) is 0 Å². The van der Waals surface area contributed by atoms with E-state index in [1.807, 2.05) is 0 Å². The van der Waals surface area contributed by atoms with Crippen LogP contribution in [0.2, 0.25) is 0 Å². The maximum Gasteiger partial charge on any atom is 0.269 e. The van der Waals surface area contributed by atoms with E-state index in [9.17, 15) is 55.6 Å². The molecule has 21 heteroatoms. The fourth-order valence-electron chi connectivity index (χ4n) is 4.59. The van der Waals surface area contributed by atoms with E-state index < -0.39 is 57.9 Å². The van der Waals surface area contributed by atoms with Gasteiger partial charge in [-0.2, -0.15) is 12.9 Å². The van der Waals surface area contributed by atoms with Crippen molar-refractivity contribution in [1.29, 1.82) is 0 Å². The van der Waals surface area contributed by atoms with Crippen LogP contribution in [0.15, 0.2) is 87.5 Å². The summed E-state index contributed by atoms with van der Waals surface area (Å²) in [6.45, 7) is -2.18. The molecule has 3 aromatic rings. The normalized spacial score (nSPS) is 16.4. The maximum absolute atomic E-state index is 13.7. The average Bonchev–Trinajstić information content (AvgIpc) is 3.02. The van der Waals surface area contributed by atoms with Gasteiger partial charge in [-0.3, -0.25) is 30.3 Å². The molecule has 1 aliphatic heterocycles. The van der Waals surface area contributed by atoms with Crippen molar-refractivity contribution in [3.63, 3.8) is 0 Å². The largest absolute Gasteiger partial charge is 0.269 e.